The molecule has 5 heteroatoms. The number of rotatable bonds is 4. The first-order valence-corrected chi connectivity index (χ1v) is 7.35. The lowest BCUT2D eigenvalue weighted by Gasteiger charge is -2.38. The molecule has 0 amide bonds. The summed E-state index contributed by atoms with van der Waals surface area (Å²) in [5.74, 6) is -3.72. The second-order valence-electron chi connectivity index (χ2n) is 6.23. The second-order valence-corrected chi connectivity index (χ2v) is 6.23. The zero-order chi connectivity index (χ0) is 15.0. The number of piperidine rings is 1. The lowest BCUT2D eigenvalue weighted by molar-refractivity contribution is -0.139. The number of halogens is 2. The van der Waals surface area contributed by atoms with E-state index in [1.54, 1.807) is 0 Å². The van der Waals surface area contributed by atoms with Gasteiger partial charge in [0.1, 0.15) is 0 Å². The molecule has 3 atom stereocenters. The Morgan fingerprint density at radius 3 is 2.62 bits per heavy atom. The van der Waals surface area contributed by atoms with Crippen LogP contribution in [0.15, 0.2) is 30.3 Å². The zero-order valence-electron chi connectivity index (χ0n) is 11.7. The third-order valence-corrected chi connectivity index (χ3v) is 4.70. The summed E-state index contributed by atoms with van der Waals surface area (Å²) in [5, 5.41) is 8.89. The molecule has 1 aromatic rings. The third-order valence-electron chi connectivity index (χ3n) is 4.70. The van der Waals surface area contributed by atoms with E-state index in [0.717, 1.165) is 5.56 Å². The fourth-order valence-electron chi connectivity index (χ4n) is 3.83. The van der Waals surface area contributed by atoms with Gasteiger partial charge >= 0.3 is 5.97 Å². The van der Waals surface area contributed by atoms with Crippen molar-refractivity contribution in [3.05, 3.63) is 35.9 Å². The molecule has 2 aliphatic heterocycles. The van der Waals surface area contributed by atoms with Crippen molar-refractivity contribution in [3.8, 4) is 0 Å². The summed E-state index contributed by atoms with van der Waals surface area (Å²) in [7, 11) is 0. The Balaban J connectivity index is 1.76. The first-order valence-electron chi connectivity index (χ1n) is 7.35. The van der Waals surface area contributed by atoms with E-state index in [2.05, 4.69) is 0 Å². The van der Waals surface area contributed by atoms with Gasteiger partial charge in [-0.05, 0) is 24.3 Å². The SMILES string of the molecule is O=C(O)CC1CC2CC(F)(F)C(C1)N2Cc1ccccc1. The molecule has 2 aliphatic rings. The molecule has 1 aromatic carbocycles. The molecule has 3 rings (SSSR count). The number of benzene rings is 1. The predicted molar refractivity (Wildman–Crippen MR) is 74.1 cm³/mol. The second kappa shape index (κ2) is 5.37. The van der Waals surface area contributed by atoms with Gasteiger partial charge in [0.2, 0.25) is 0 Å². The van der Waals surface area contributed by atoms with E-state index >= 15 is 0 Å². The fraction of sp³-hybridized carbons (Fsp3) is 0.562. The van der Waals surface area contributed by atoms with Crippen LogP contribution in [-0.4, -0.2) is 34.0 Å². The largest absolute Gasteiger partial charge is 0.481 e. The Labute approximate surface area is 122 Å². The van der Waals surface area contributed by atoms with Crippen LogP contribution in [0.5, 0.6) is 0 Å². The van der Waals surface area contributed by atoms with E-state index in [9.17, 15) is 13.6 Å². The maximum Gasteiger partial charge on any atom is 0.303 e. The molecule has 0 spiro atoms. The van der Waals surface area contributed by atoms with Gasteiger partial charge in [-0.3, -0.25) is 9.69 Å². The quantitative estimate of drug-likeness (QED) is 0.927. The molecule has 0 radical (unpaired) electrons. The Bertz CT molecular complexity index is 520. The number of carbonyl (C=O) groups is 1. The molecule has 0 aliphatic carbocycles. The van der Waals surface area contributed by atoms with E-state index in [1.165, 1.54) is 0 Å². The summed E-state index contributed by atoms with van der Waals surface area (Å²) >= 11 is 0. The minimum Gasteiger partial charge on any atom is -0.481 e. The van der Waals surface area contributed by atoms with E-state index in [0.29, 0.717) is 13.0 Å². The lowest BCUT2D eigenvalue weighted by atomic mass is 9.87. The number of carboxylic acids is 1. The summed E-state index contributed by atoms with van der Waals surface area (Å²) < 4.78 is 28.3. The van der Waals surface area contributed by atoms with E-state index in [-0.39, 0.29) is 31.2 Å². The van der Waals surface area contributed by atoms with E-state index < -0.39 is 17.9 Å². The summed E-state index contributed by atoms with van der Waals surface area (Å²) in [6, 6.07) is 8.59. The molecule has 3 unspecified atom stereocenters. The summed E-state index contributed by atoms with van der Waals surface area (Å²) in [6.07, 6.45) is 0.705. The van der Waals surface area contributed by atoms with Crippen molar-refractivity contribution in [2.45, 2.75) is 50.2 Å². The highest BCUT2D eigenvalue weighted by molar-refractivity contribution is 5.67. The summed E-state index contributed by atoms with van der Waals surface area (Å²) in [4.78, 5) is 12.7. The van der Waals surface area contributed by atoms with Crippen LogP contribution in [-0.2, 0) is 11.3 Å². The van der Waals surface area contributed by atoms with Gasteiger partial charge in [-0.25, -0.2) is 8.78 Å². The number of carboxylic acid groups (broad SMARTS) is 1. The van der Waals surface area contributed by atoms with Crippen LogP contribution in [0.25, 0.3) is 0 Å². The molecule has 0 saturated carbocycles. The molecule has 21 heavy (non-hydrogen) atoms. The average Bonchev–Trinajstić information content (AvgIpc) is 2.55. The van der Waals surface area contributed by atoms with Gasteiger partial charge < -0.3 is 5.11 Å². The minimum atomic E-state index is -2.70. The van der Waals surface area contributed by atoms with Crippen LogP contribution in [0.1, 0.15) is 31.2 Å². The minimum absolute atomic E-state index is 0.00224. The van der Waals surface area contributed by atoms with Crippen molar-refractivity contribution < 1.29 is 18.7 Å². The number of hydrogen-bond acceptors (Lipinski definition) is 2. The Morgan fingerprint density at radius 2 is 2.00 bits per heavy atom. The maximum atomic E-state index is 14.2. The van der Waals surface area contributed by atoms with Crippen LogP contribution >= 0.6 is 0 Å². The molecule has 1 N–H and O–H groups in total. The van der Waals surface area contributed by atoms with E-state index in [1.807, 2.05) is 35.2 Å². The van der Waals surface area contributed by atoms with Gasteiger partial charge in [-0.1, -0.05) is 30.3 Å². The molecule has 3 nitrogen and oxygen atoms in total. The van der Waals surface area contributed by atoms with Gasteiger partial charge in [0.05, 0.1) is 6.04 Å². The monoisotopic (exact) mass is 295 g/mol. The summed E-state index contributed by atoms with van der Waals surface area (Å²) in [6.45, 7) is 0.519. The van der Waals surface area contributed by atoms with Crippen LogP contribution < -0.4 is 0 Å². The van der Waals surface area contributed by atoms with Crippen LogP contribution in [0.4, 0.5) is 8.78 Å². The number of fused-ring (bicyclic) bond motifs is 2. The Kier molecular flexibility index (Phi) is 3.69. The number of hydrogen-bond donors (Lipinski definition) is 1. The third kappa shape index (κ3) is 2.93. The molecule has 2 fully saturated rings. The van der Waals surface area contributed by atoms with Gasteiger partial charge in [0.15, 0.2) is 0 Å². The molecule has 0 aromatic heterocycles. The van der Waals surface area contributed by atoms with Crippen molar-refractivity contribution in [1.82, 2.24) is 4.90 Å². The normalized spacial score (nSPS) is 31.2. The molecule has 2 saturated heterocycles. The maximum absolute atomic E-state index is 14.2. The van der Waals surface area contributed by atoms with Crippen LogP contribution in [0.2, 0.25) is 0 Å². The highest BCUT2D eigenvalue weighted by Crippen LogP contribution is 2.48. The number of alkyl halides is 2. The van der Waals surface area contributed by atoms with Crippen molar-refractivity contribution in [2.24, 2.45) is 5.92 Å². The Hall–Kier alpha value is -1.49. The summed E-state index contributed by atoms with van der Waals surface area (Å²) in [5.41, 5.74) is 1.03. The van der Waals surface area contributed by atoms with Gasteiger partial charge in [0, 0.05) is 25.4 Å². The molecular formula is C16H19F2NO2. The Morgan fingerprint density at radius 1 is 1.29 bits per heavy atom. The van der Waals surface area contributed by atoms with E-state index in [4.69, 9.17) is 5.11 Å². The van der Waals surface area contributed by atoms with Gasteiger partial charge in [-0.15, -0.1) is 0 Å². The van der Waals surface area contributed by atoms with Gasteiger partial charge in [0.25, 0.3) is 5.92 Å². The zero-order valence-corrected chi connectivity index (χ0v) is 11.7. The molecule has 114 valence electrons. The smallest absolute Gasteiger partial charge is 0.303 e. The average molecular weight is 295 g/mol. The van der Waals surface area contributed by atoms with Gasteiger partial charge in [-0.2, -0.15) is 0 Å². The standard InChI is InChI=1S/C16H19F2NO2/c17-16(18)9-13-6-12(8-15(20)21)7-14(16)19(13)10-11-4-2-1-3-5-11/h1-5,12-14H,6-10H2,(H,20,21). The first kappa shape index (κ1) is 14.4. The van der Waals surface area contributed by atoms with Crippen LogP contribution in [0.3, 0.4) is 0 Å². The van der Waals surface area contributed by atoms with Crippen molar-refractivity contribution >= 4 is 5.97 Å². The van der Waals surface area contributed by atoms with Crippen LogP contribution in [0, 0.1) is 5.92 Å². The molecule has 2 bridgehead atoms. The predicted octanol–water partition coefficient (Wildman–Crippen LogP) is 3.15. The first-order chi connectivity index (χ1) is 9.95. The topological polar surface area (TPSA) is 40.5 Å². The highest BCUT2D eigenvalue weighted by Gasteiger charge is 2.57. The number of aliphatic carboxylic acids is 1. The lowest BCUT2D eigenvalue weighted by Crippen LogP contribution is -2.46. The fourth-order valence-corrected chi connectivity index (χ4v) is 3.83. The molecule has 2 heterocycles. The number of nitrogens with zero attached hydrogens (tertiary/aromatic N) is 1. The van der Waals surface area contributed by atoms with Crippen molar-refractivity contribution in [1.29, 1.82) is 0 Å². The van der Waals surface area contributed by atoms with Crippen molar-refractivity contribution in [3.63, 3.8) is 0 Å². The van der Waals surface area contributed by atoms with Crippen molar-refractivity contribution in [2.75, 3.05) is 0 Å². The molecular weight excluding hydrogens is 276 g/mol. The highest BCUT2D eigenvalue weighted by atomic mass is 19.3.